The van der Waals surface area contributed by atoms with E-state index in [0.29, 0.717) is 19.8 Å². The molecule has 0 spiro atoms. The molecule has 10 heteroatoms. The Bertz CT molecular complexity index is 1540. The normalized spacial score (nSPS) is 37.3. The third-order valence-corrected chi connectivity index (χ3v) is 10.1. The number of rotatable bonds is 10. The van der Waals surface area contributed by atoms with E-state index in [4.69, 9.17) is 47.4 Å². The van der Waals surface area contributed by atoms with Crippen LogP contribution in [-0.4, -0.2) is 79.6 Å². The van der Waals surface area contributed by atoms with Crippen molar-refractivity contribution in [2.75, 3.05) is 6.61 Å². The van der Waals surface area contributed by atoms with Crippen molar-refractivity contribution >= 4 is 0 Å². The minimum atomic E-state index is -0.846. The smallest absolute Gasteiger partial charge is 0.190 e. The molecule has 0 N–H and O–H groups in total. The average molecular weight is 689 g/mol. The number of hydrogen-bond donors (Lipinski definition) is 0. The van der Waals surface area contributed by atoms with E-state index in [9.17, 15) is 0 Å². The second-order valence-corrected chi connectivity index (χ2v) is 14.7. The number of ether oxygens (including phenoxy) is 10. The topological polar surface area (TPSA) is 92.3 Å². The number of fused-ring (bicyclic) bond motifs is 2. The first-order valence-electron chi connectivity index (χ1n) is 17.9. The Kier molecular flexibility index (Phi) is 9.86. The SMILES string of the molecule is CC1(C)OCC(C2OC3OC(C)(C)OC3C2O[C@H]2O[C@@H]3CCC(c4ccccc4)O[C@H]3[C@H](OCc3ccccc3)[C@@H]2OCc2ccccc2)O1. The van der Waals surface area contributed by atoms with Gasteiger partial charge in [0.15, 0.2) is 24.2 Å². The molecule has 3 aromatic rings. The highest BCUT2D eigenvalue weighted by atomic mass is 16.9. The predicted molar refractivity (Wildman–Crippen MR) is 180 cm³/mol. The molecule has 11 atom stereocenters. The van der Waals surface area contributed by atoms with Gasteiger partial charge in [-0.2, -0.15) is 0 Å². The lowest BCUT2D eigenvalue weighted by molar-refractivity contribution is -0.352. The van der Waals surface area contributed by atoms with E-state index < -0.39 is 66.9 Å². The zero-order chi connectivity index (χ0) is 34.3. The maximum atomic E-state index is 7.05. The summed E-state index contributed by atoms with van der Waals surface area (Å²) in [4.78, 5) is 0. The molecule has 5 heterocycles. The zero-order valence-electron chi connectivity index (χ0n) is 29.1. The summed E-state index contributed by atoms with van der Waals surface area (Å²) in [5.41, 5.74) is 3.21. The van der Waals surface area contributed by atoms with E-state index in [1.54, 1.807) is 0 Å². The number of hydrogen-bond acceptors (Lipinski definition) is 10. The van der Waals surface area contributed by atoms with Crippen LogP contribution in [0, 0.1) is 0 Å². The molecule has 5 aliphatic heterocycles. The predicted octanol–water partition coefficient (Wildman–Crippen LogP) is 6.22. The van der Waals surface area contributed by atoms with Gasteiger partial charge < -0.3 is 47.4 Å². The summed E-state index contributed by atoms with van der Waals surface area (Å²) in [6, 6.07) is 30.6. The molecule has 0 bridgehead atoms. The Hall–Kier alpha value is -2.74. The molecule has 0 amide bonds. The Morgan fingerprint density at radius 3 is 1.84 bits per heavy atom. The van der Waals surface area contributed by atoms with Gasteiger partial charge in [0.1, 0.15) is 42.7 Å². The van der Waals surface area contributed by atoms with Crippen molar-refractivity contribution in [3.63, 3.8) is 0 Å². The maximum Gasteiger partial charge on any atom is 0.190 e. The Balaban J connectivity index is 1.12. The summed E-state index contributed by atoms with van der Waals surface area (Å²) < 4.78 is 65.8. The molecule has 0 radical (unpaired) electrons. The van der Waals surface area contributed by atoms with Crippen molar-refractivity contribution in [1.82, 2.24) is 0 Å². The van der Waals surface area contributed by atoms with Crippen LogP contribution in [0.3, 0.4) is 0 Å². The van der Waals surface area contributed by atoms with Gasteiger partial charge in [-0.1, -0.05) is 91.0 Å². The molecule has 5 aliphatic rings. The highest BCUT2D eigenvalue weighted by molar-refractivity contribution is 5.19. The molecule has 0 aliphatic carbocycles. The molecule has 0 saturated carbocycles. The average Bonchev–Trinajstić information content (AvgIpc) is 3.75. The first-order valence-corrected chi connectivity index (χ1v) is 17.9. The van der Waals surface area contributed by atoms with Gasteiger partial charge in [0.25, 0.3) is 0 Å². The molecule has 5 saturated heterocycles. The van der Waals surface area contributed by atoms with Crippen LogP contribution in [0.5, 0.6) is 0 Å². The van der Waals surface area contributed by atoms with Crippen LogP contribution in [0.4, 0.5) is 0 Å². The first-order chi connectivity index (χ1) is 24.2. The van der Waals surface area contributed by atoms with Crippen molar-refractivity contribution in [3.8, 4) is 0 Å². The molecule has 50 heavy (non-hydrogen) atoms. The molecule has 0 aromatic heterocycles. The fraction of sp³-hybridized carbons (Fsp3) is 0.550. The van der Waals surface area contributed by atoms with Crippen LogP contribution < -0.4 is 0 Å². The molecule has 268 valence electrons. The van der Waals surface area contributed by atoms with Crippen LogP contribution >= 0.6 is 0 Å². The van der Waals surface area contributed by atoms with Crippen molar-refractivity contribution < 1.29 is 47.4 Å². The summed E-state index contributed by atoms with van der Waals surface area (Å²) in [5.74, 6) is -1.60. The largest absolute Gasteiger partial charge is 0.368 e. The van der Waals surface area contributed by atoms with Crippen LogP contribution in [-0.2, 0) is 60.6 Å². The molecular weight excluding hydrogens is 640 g/mol. The van der Waals surface area contributed by atoms with Crippen LogP contribution in [0.2, 0.25) is 0 Å². The fourth-order valence-electron chi connectivity index (χ4n) is 7.76. The van der Waals surface area contributed by atoms with Crippen LogP contribution in [0.25, 0.3) is 0 Å². The van der Waals surface area contributed by atoms with Gasteiger partial charge in [-0.15, -0.1) is 0 Å². The maximum absolute atomic E-state index is 7.05. The molecular formula is C40H48O10. The van der Waals surface area contributed by atoms with Crippen LogP contribution in [0.15, 0.2) is 91.0 Å². The molecule has 3 aromatic carbocycles. The Morgan fingerprint density at radius 2 is 1.20 bits per heavy atom. The second-order valence-electron chi connectivity index (χ2n) is 14.7. The van der Waals surface area contributed by atoms with Gasteiger partial charge >= 0.3 is 0 Å². The zero-order valence-corrected chi connectivity index (χ0v) is 29.1. The van der Waals surface area contributed by atoms with E-state index in [-0.39, 0.29) is 12.2 Å². The van der Waals surface area contributed by atoms with Crippen molar-refractivity contribution in [3.05, 3.63) is 108 Å². The third-order valence-electron chi connectivity index (χ3n) is 10.1. The van der Waals surface area contributed by atoms with E-state index in [1.165, 1.54) is 0 Å². The van der Waals surface area contributed by atoms with Gasteiger partial charge in [-0.25, -0.2) is 0 Å². The summed E-state index contributed by atoms with van der Waals surface area (Å²) in [5, 5.41) is 0. The highest BCUT2D eigenvalue weighted by Gasteiger charge is 2.61. The summed E-state index contributed by atoms with van der Waals surface area (Å²) in [6.07, 6.45) is -3.96. The van der Waals surface area contributed by atoms with Gasteiger partial charge in [0.05, 0.1) is 32.0 Å². The third kappa shape index (κ3) is 7.43. The first kappa shape index (κ1) is 34.4. The Labute approximate surface area is 294 Å². The van der Waals surface area contributed by atoms with E-state index in [1.807, 2.05) is 94.4 Å². The molecule has 8 rings (SSSR count). The fourth-order valence-corrected chi connectivity index (χ4v) is 7.76. The lowest BCUT2D eigenvalue weighted by Gasteiger charge is -2.50. The highest BCUT2D eigenvalue weighted by Crippen LogP contribution is 2.45. The van der Waals surface area contributed by atoms with Gasteiger partial charge in [0.2, 0.25) is 0 Å². The molecule has 10 nitrogen and oxygen atoms in total. The summed E-state index contributed by atoms with van der Waals surface area (Å²) in [6.45, 7) is 8.60. The molecule has 5 fully saturated rings. The van der Waals surface area contributed by atoms with E-state index in [2.05, 4.69) is 24.3 Å². The summed E-state index contributed by atoms with van der Waals surface area (Å²) in [7, 11) is 0. The van der Waals surface area contributed by atoms with Gasteiger partial charge in [-0.05, 0) is 57.2 Å². The minimum Gasteiger partial charge on any atom is -0.368 e. The molecule has 6 unspecified atom stereocenters. The summed E-state index contributed by atoms with van der Waals surface area (Å²) >= 11 is 0. The monoisotopic (exact) mass is 688 g/mol. The standard InChI is InChI=1S/C40H48O10/c1-39(2)43-24-30(48-39)32-34(36-38(46-32)50-40(3,4)49-36)47-37-35(42-23-26-16-10-6-11-17-26)33(41-22-25-14-8-5-9-15-25)31-29(45-37)21-20-28(44-31)27-18-12-7-13-19-27/h5-19,28-38H,20-24H2,1-4H3/t28?,29-,30?,31-,32?,33+,34?,35+,36?,37-,38?/m1/s1. The van der Waals surface area contributed by atoms with Crippen molar-refractivity contribution in [2.45, 2.75) is 133 Å². The quantitative estimate of drug-likeness (QED) is 0.245. The lowest BCUT2D eigenvalue weighted by atomic mass is 9.89. The van der Waals surface area contributed by atoms with E-state index in [0.717, 1.165) is 29.5 Å². The van der Waals surface area contributed by atoms with Gasteiger partial charge in [-0.3, -0.25) is 0 Å². The lowest BCUT2D eigenvalue weighted by Crippen LogP contribution is -2.63. The van der Waals surface area contributed by atoms with Crippen molar-refractivity contribution in [2.24, 2.45) is 0 Å². The second kappa shape index (κ2) is 14.4. The Morgan fingerprint density at radius 1 is 0.580 bits per heavy atom. The van der Waals surface area contributed by atoms with Crippen molar-refractivity contribution in [1.29, 1.82) is 0 Å². The van der Waals surface area contributed by atoms with E-state index >= 15 is 0 Å². The van der Waals surface area contributed by atoms with Crippen LogP contribution in [0.1, 0.15) is 63.3 Å². The number of benzene rings is 3. The van der Waals surface area contributed by atoms with Gasteiger partial charge in [0, 0.05) is 0 Å². The minimum absolute atomic E-state index is 0.0985.